The minimum Gasteiger partial charge on any atom is -0.326 e. The molecular formula is C5H10FO3P. The van der Waals surface area contributed by atoms with E-state index in [-0.39, 0.29) is 0 Å². The maximum Gasteiger partial charge on any atom is 0.314 e. The number of alkyl halides is 1. The van der Waals surface area contributed by atoms with Crippen LogP contribution in [-0.2, 0) is 4.57 Å². The first-order valence-corrected chi connectivity index (χ1v) is 3.78. The molecule has 0 rings (SSSR count). The van der Waals surface area contributed by atoms with Crippen LogP contribution in [0.15, 0.2) is 17.9 Å². The molecule has 0 saturated heterocycles. The molecule has 0 bridgehead atoms. The second-order valence-electron chi connectivity index (χ2n) is 1.10. The highest BCUT2D eigenvalue weighted by Crippen LogP contribution is 1.98. The van der Waals surface area contributed by atoms with Crippen LogP contribution >= 0.6 is 8.25 Å². The molecule has 0 fully saturated rings. The van der Waals surface area contributed by atoms with Gasteiger partial charge in [0.2, 0.25) is 0 Å². The normalized spacial score (nSPS) is 7.30. The molecule has 0 unspecified atom stereocenters. The Morgan fingerprint density at radius 2 is 2.10 bits per heavy atom. The minimum absolute atomic E-state index is 0.412. The fourth-order valence-corrected chi connectivity index (χ4v) is 0.162. The van der Waals surface area contributed by atoms with Crippen molar-refractivity contribution in [3.8, 4) is 0 Å². The number of rotatable bonds is 1. The molecule has 0 aliphatic carbocycles. The van der Waals surface area contributed by atoms with Crippen LogP contribution in [0.5, 0.6) is 0 Å². The molecule has 0 aromatic carbocycles. The fraction of sp³-hybridized carbons (Fsp3) is 0.400. The highest BCUT2D eigenvalue weighted by atomic mass is 31.1. The van der Waals surface area contributed by atoms with Crippen molar-refractivity contribution in [2.75, 3.05) is 6.67 Å². The molecule has 0 radical (unpaired) electrons. The lowest BCUT2D eigenvalue weighted by atomic mass is 10.6. The summed E-state index contributed by atoms with van der Waals surface area (Å²) in [5.74, 6) is 0. The van der Waals surface area contributed by atoms with E-state index in [4.69, 9.17) is 14.4 Å². The first kappa shape index (κ1) is 12.3. The molecule has 0 amide bonds. The molecule has 0 aliphatic rings. The quantitative estimate of drug-likeness (QED) is 0.454. The SMILES string of the molecule is CC=C=CCF.O=[PH](O)O. The fourth-order valence-electron chi connectivity index (χ4n) is 0.162. The van der Waals surface area contributed by atoms with E-state index in [0.717, 1.165) is 0 Å². The third kappa shape index (κ3) is 49.0. The van der Waals surface area contributed by atoms with Crippen LogP contribution in [0.1, 0.15) is 6.92 Å². The summed E-state index contributed by atoms with van der Waals surface area (Å²) in [4.78, 5) is 14.3. The standard InChI is InChI=1S/C5H7F.H3O3P/c1-2-3-4-5-6;1-4(2)3/h2,4H,5H2,1H3;4H,(H2,1,2,3). The van der Waals surface area contributed by atoms with Crippen molar-refractivity contribution < 1.29 is 18.7 Å². The summed E-state index contributed by atoms with van der Waals surface area (Å²) >= 11 is 0. The molecule has 0 aliphatic heterocycles. The average Bonchev–Trinajstić information content (AvgIpc) is 1.82. The predicted octanol–water partition coefficient (Wildman–Crippen LogP) is 1.05. The number of hydrogen-bond donors (Lipinski definition) is 2. The molecule has 0 atom stereocenters. The summed E-state index contributed by atoms with van der Waals surface area (Å²) in [5, 5.41) is 0. The monoisotopic (exact) mass is 168 g/mol. The van der Waals surface area contributed by atoms with E-state index in [0.29, 0.717) is 0 Å². The summed E-state index contributed by atoms with van der Waals surface area (Å²) in [5.41, 5.74) is 2.57. The van der Waals surface area contributed by atoms with Crippen molar-refractivity contribution in [3.05, 3.63) is 17.9 Å². The Hall–Kier alpha value is -0.400. The van der Waals surface area contributed by atoms with E-state index >= 15 is 0 Å². The molecular weight excluding hydrogens is 158 g/mol. The van der Waals surface area contributed by atoms with E-state index in [1.165, 1.54) is 6.08 Å². The van der Waals surface area contributed by atoms with Gasteiger partial charge in [-0.3, -0.25) is 4.57 Å². The minimum atomic E-state index is -3.13. The zero-order valence-corrected chi connectivity index (χ0v) is 6.54. The van der Waals surface area contributed by atoms with Gasteiger partial charge in [0, 0.05) is 0 Å². The van der Waals surface area contributed by atoms with Crippen LogP contribution < -0.4 is 0 Å². The van der Waals surface area contributed by atoms with Crippen LogP contribution in [0, 0.1) is 0 Å². The highest BCUT2D eigenvalue weighted by molar-refractivity contribution is 7.30. The third-order valence-corrected chi connectivity index (χ3v) is 0.362. The molecule has 0 spiro atoms. The van der Waals surface area contributed by atoms with Gasteiger partial charge in [-0.25, -0.2) is 4.39 Å². The van der Waals surface area contributed by atoms with E-state index < -0.39 is 14.9 Å². The molecule has 0 aromatic rings. The summed E-state index contributed by atoms with van der Waals surface area (Å²) < 4.78 is 19.8. The van der Waals surface area contributed by atoms with Gasteiger partial charge in [0.05, 0.1) is 0 Å². The Morgan fingerprint density at radius 3 is 2.20 bits per heavy atom. The Bertz CT molecular complexity index is 136. The molecule has 5 heteroatoms. The van der Waals surface area contributed by atoms with Crippen LogP contribution in [-0.4, -0.2) is 16.5 Å². The highest BCUT2D eigenvalue weighted by Gasteiger charge is 1.61. The van der Waals surface area contributed by atoms with Crippen LogP contribution in [0.25, 0.3) is 0 Å². The second-order valence-corrected chi connectivity index (χ2v) is 1.66. The largest absolute Gasteiger partial charge is 0.326 e. The van der Waals surface area contributed by atoms with Gasteiger partial charge < -0.3 is 9.79 Å². The van der Waals surface area contributed by atoms with Gasteiger partial charge in [-0.05, 0) is 19.1 Å². The molecule has 0 aromatic heterocycles. The van der Waals surface area contributed by atoms with Gasteiger partial charge in [0.25, 0.3) is 0 Å². The summed E-state index contributed by atoms with van der Waals surface area (Å²) in [6.45, 7) is 1.39. The Balaban J connectivity index is 0. The van der Waals surface area contributed by atoms with Crippen LogP contribution in [0.2, 0.25) is 0 Å². The van der Waals surface area contributed by atoms with Gasteiger partial charge in [-0.15, -0.1) is 5.73 Å². The van der Waals surface area contributed by atoms with Crippen molar-refractivity contribution in [3.63, 3.8) is 0 Å². The van der Waals surface area contributed by atoms with Crippen molar-refractivity contribution in [1.82, 2.24) is 0 Å². The van der Waals surface area contributed by atoms with Gasteiger partial charge >= 0.3 is 8.25 Å². The second kappa shape index (κ2) is 11.4. The third-order valence-electron chi connectivity index (χ3n) is 0.362. The van der Waals surface area contributed by atoms with E-state index in [1.54, 1.807) is 13.0 Å². The lowest BCUT2D eigenvalue weighted by molar-refractivity contribution is 0.405. The van der Waals surface area contributed by atoms with Crippen molar-refractivity contribution in [1.29, 1.82) is 0 Å². The maximum atomic E-state index is 11.0. The van der Waals surface area contributed by atoms with Crippen molar-refractivity contribution >= 4 is 8.25 Å². The molecule has 2 N–H and O–H groups in total. The molecule has 10 heavy (non-hydrogen) atoms. The number of hydrogen-bond acceptors (Lipinski definition) is 1. The maximum absolute atomic E-state index is 11.0. The van der Waals surface area contributed by atoms with Crippen molar-refractivity contribution in [2.45, 2.75) is 6.92 Å². The van der Waals surface area contributed by atoms with Crippen LogP contribution in [0.4, 0.5) is 4.39 Å². The zero-order valence-electron chi connectivity index (χ0n) is 5.54. The van der Waals surface area contributed by atoms with E-state index in [2.05, 4.69) is 5.73 Å². The first-order chi connectivity index (χ1) is 4.65. The van der Waals surface area contributed by atoms with Gasteiger partial charge in [0.1, 0.15) is 6.67 Å². The topological polar surface area (TPSA) is 57.5 Å². The predicted molar refractivity (Wildman–Crippen MR) is 37.7 cm³/mol. The van der Waals surface area contributed by atoms with Crippen molar-refractivity contribution in [2.24, 2.45) is 0 Å². The first-order valence-electron chi connectivity index (χ1n) is 2.48. The van der Waals surface area contributed by atoms with Gasteiger partial charge in [0.15, 0.2) is 0 Å². The number of halogens is 1. The Kier molecular flexibility index (Phi) is 14.0. The van der Waals surface area contributed by atoms with E-state index in [9.17, 15) is 4.39 Å². The van der Waals surface area contributed by atoms with Crippen LogP contribution in [0.3, 0.4) is 0 Å². The zero-order chi connectivity index (χ0) is 8.41. The number of allylic oxidation sites excluding steroid dienone is 1. The Labute approximate surface area is 59.5 Å². The Morgan fingerprint density at radius 1 is 1.70 bits per heavy atom. The molecule has 3 nitrogen and oxygen atoms in total. The van der Waals surface area contributed by atoms with E-state index in [1.807, 2.05) is 0 Å². The molecule has 60 valence electrons. The lowest BCUT2D eigenvalue weighted by Crippen LogP contribution is -1.52. The summed E-state index contributed by atoms with van der Waals surface area (Å²) in [6, 6.07) is 0. The summed E-state index contributed by atoms with van der Waals surface area (Å²) in [7, 11) is -3.13. The molecule has 0 heterocycles. The average molecular weight is 168 g/mol. The van der Waals surface area contributed by atoms with Gasteiger partial charge in [-0.2, -0.15) is 0 Å². The lowest BCUT2D eigenvalue weighted by Gasteiger charge is -1.61. The summed E-state index contributed by atoms with van der Waals surface area (Å²) in [6.07, 6.45) is 3.00. The smallest absolute Gasteiger partial charge is 0.314 e. The molecule has 0 saturated carbocycles. The van der Waals surface area contributed by atoms with Gasteiger partial charge in [-0.1, -0.05) is 0 Å².